The molecule has 1 aromatic heterocycles. The zero-order valence-electron chi connectivity index (χ0n) is 10.7. The minimum absolute atomic E-state index is 0.317. The largest absolute Gasteiger partial charge is 0.493 e. The van der Waals surface area contributed by atoms with Crippen LogP contribution in [0, 0.1) is 0 Å². The van der Waals surface area contributed by atoms with Gasteiger partial charge in [-0.2, -0.15) is 0 Å². The molecule has 0 N–H and O–H groups in total. The normalized spacial score (nSPS) is 17.6. The monoisotopic (exact) mass is 272 g/mol. The Morgan fingerprint density at radius 3 is 3.00 bits per heavy atom. The average Bonchev–Trinajstić information content (AvgIpc) is 2.92. The second kappa shape index (κ2) is 5.57. The van der Waals surface area contributed by atoms with Gasteiger partial charge in [-0.1, -0.05) is 24.3 Å². The second-order valence-corrected chi connectivity index (χ2v) is 5.90. The van der Waals surface area contributed by atoms with Crippen molar-refractivity contribution < 1.29 is 9.53 Å². The summed E-state index contributed by atoms with van der Waals surface area (Å²) in [6.07, 6.45) is 2.13. The summed E-state index contributed by atoms with van der Waals surface area (Å²) in [6, 6.07) is 12.1. The summed E-state index contributed by atoms with van der Waals surface area (Å²) in [5.41, 5.74) is 1.19. The van der Waals surface area contributed by atoms with Crippen LogP contribution >= 0.6 is 11.3 Å². The van der Waals surface area contributed by atoms with E-state index >= 15 is 0 Å². The van der Waals surface area contributed by atoms with Gasteiger partial charge in [-0.3, -0.25) is 4.79 Å². The van der Waals surface area contributed by atoms with Crippen molar-refractivity contribution in [1.29, 1.82) is 0 Å². The lowest BCUT2D eigenvalue weighted by molar-refractivity contribution is -0.118. The average molecular weight is 272 g/mol. The van der Waals surface area contributed by atoms with Gasteiger partial charge < -0.3 is 4.74 Å². The highest BCUT2D eigenvalue weighted by atomic mass is 32.1. The number of carbonyl (C=O) groups excluding carboxylic acids is 1. The molecule has 0 spiro atoms. The molecule has 1 aromatic carbocycles. The number of ketones is 1. The summed E-state index contributed by atoms with van der Waals surface area (Å²) in [6.45, 7) is 0.716. The maximum absolute atomic E-state index is 12.2. The van der Waals surface area contributed by atoms with Crippen molar-refractivity contribution in [2.45, 2.75) is 25.2 Å². The first kappa shape index (κ1) is 12.4. The van der Waals surface area contributed by atoms with Crippen molar-refractivity contribution in [2.24, 2.45) is 0 Å². The summed E-state index contributed by atoms with van der Waals surface area (Å²) in [7, 11) is 0. The van der Waals surface area contributed by atoms with Crippen molar-refractivity contribution in [3.63, 3.8) is 0 Å². The molecule has 1 aliphatic heterocycles. The van der Waals surface area contributed by atoms with E-state index in [-0.39, 0.29) is 0 Å². The molecule has 3 rings (SSSR count). The lowest BCUT2D eigenvalue weighted by atomic mass is 9.88. The van der Waals surface area contributed by atoms with E-state index in [0.29, 0.717) is 31.1 Å². The first-order valence-corrected chi connectivity index (χ1v) is 7.46. The van der Waals surface area contributed by atoms with Crippen LogP contribution in [-0.2, 0) is 11.2 Å². The summed E-state index contributed by atoms with van der Waals surface area (Å²) in [4.78, 5) is 13.3. The first-order chi connectivity index (χ1) is 9.33. The Kier molecular flexibility index (Phi) is 3.65. The Morgan fingerprint density at radius 2 is 2.16 bits per heavy atom. The van der Waals surface area contributed by atoms with Crippen molar-refractivity contribution in [1.82, 2.24) is 0 Å². The Hall–Kier alpha value is -1.61. The van der Waals surface area contributed by atoms with Crippen LogP contribution in [0.25, 0.3) is 0 Å². The van der Waals surface area contributed by atoms with E-state index in [1.165, 1.54) is 5.56 Å². The number of rotatable bonds is 4. The highest BCUT2D eigenvalue weighted by Gasteiger charge is 2.23. The molecule has 2 aromatic rings. The van der Waals surface area contributed by atoms with Gasteiger partial charge in [0.1, 0.15) is 11.5 Å². The Morgan fingerprint density at radius 1 is 1.26 bits per heavy atom. The van der Waals surface area contributed by atoms with E-state index in [9.17, 15) is 4.79 Å². The van der Waals surface area contributed by atoms with Gasteiger partial charge in [0, 0.05) is 17.7 Å². The highest BCUT2D eigenvalue weighted by molar-refractivity contribution is 7.10. The van der Waals surface area contributed by atoms with Gasteiger partial charge in [0.25, 0.3) is 0 Å². The van der Waals surface area contributed by atoms with Crippen molar-refractivity contribution in [2.75, 3.05) is 6.61 Å². The van der Waals surface area contributed by atoms with E-state index in [1.54, 1.807) is 11.3 Å². The third kappa shape index (κ3) is 2.87. The number of Topliss-reactive ketones (excluding diaryl/α,β-unsaturated/α-hetero) is 1. The lowest BCUT2D eigenvalue weighted by Gasteiger charge is -2.25. The van der Waals surface area contributed by atoms with Crippen LogP contribution in [0.1, 0.15) is 29.2 Å². The first-order valence-electron chi connectivity index (χ1n) is 6.59. The minimum atomic E-state index is 0.317. The van der Waals surface area contributed by atoms with Crippen LogP contribution < -0.4 is 4.74 Å². The summed E-state index contributed by atoms with van der Waals surface area (Å²) in [5, 5.41) is 2.02. The lowest BCUT2D eigenvalue weighted by Crippen LogP contribution is -2.17. The zero-order valence-corrected chi connectivity index (χ0v) is 11.5. The van der Waals surface area contributed by atoms with E-state index in [4.69, 9.17) is 4.74 Å². The zero-order chi connectivity index (χ0) is 13.1. The topological polar surface area (TPSA) is 26.3 Å². The fourth-order valence-corrected chi connectivity index (χ4v) is 3.32. The van der Waals surface area contributed by atoms with Crippen LogP contribution in [0.15, 0.2) is 41.8 Å². The van der Waals surface area contributed by atoms with Gasteiger partial charge in [-0.15, -0.1) is 11.3 Å². The van der Waals surface area contributed by atoms with E-state index < -0.39 is 0 Å². The van der Waals surface area contributed by atoms with Crippen LogP contribution in [0.4, 0.5) is 0 Å². The fourth-order valence-electron chi connectivity index (χ4n) is 2.58. The molecule has 1 aliphatic rings. The van der Waals surface area contributed by atoms with Gasteiger partial charge in [-0.25, -0.2) is 0 Å². The summed E-state index contributed by atoms with van der Waals surface area (Å²) < 4.78 is 5.63. The number of hydrogen-bond acceptors (Lipinski definition) is 3. The smallest absolute Gasteiger partial charge is 0.138 e. The maximum Gasteiger partial charge on any atom is 0.138 e. The number of hydrogen-bond donors (Lipinski definition) is 0. The molecule has 2 nitrogen and oxygen atoms in total. The molecule has 1 atom stereocenters. The van der Waals surface area contributed by atoms with E-state index in [1.807, 2.05) is 35.7 Å². The van der Waals surface area contributed by atoms with Gasteiger partial charge in [0.2, 0.25) is 0 Å². The van der Waals surface area contributed by atoms with Crippen LogP contribution in [-0.4, -0.2) is 12.4 Å². The molecular weight excluding hydrogens is 256 g/mol. The number of carbonyl (C=O) groups is 1. The molecule has 2 heterocycles. The predicted molar refractivity (Wildman–Crippen MR) is 76.9 cm³/mol. The molecule has 0 radical (unpaired) electrons. The maximum atomic E-state index is 12.2. The van der Waals surface area contributed by atoms with Gasteiger partial charge in [0.15, 0.2) is 0 Å². The molecule has 0 amide bonds. The van der Waals surface area contributed by atoms with Crippen molar-refractivity contribution in [3.8, 4) is 5.75 Å². The molecule has 0 bridgehead atoms. The number of thiophene rings is 1. The van der Waals surface area contributed by atoms with Gasteiger partial charge >= 0.3 is 0 Å². The number of fused-ring (bicyclic) bond motifs is 1. The Labute approximate surface area is 117 Å². The third-order valence-electron chi connectivity index (χ3n) is 3.51. The SMILES string of the molecule is O=C(Cc1cccs1)CC1CCOc2ccccc21. The molecule has 0 fully saturated rings. The molecule has 19 heavy (non-hydrogen) atoms. The Bertz CT molecular complexity index is 560. The van der Waals surface area contributed by atoms with Crippen molar-refractivity contribution in [3.05, 3.63) is 52.2 Å². The van der Waals surface area contributed by atoms with Crippen LogP contribution in [0.2, 0.25) is 0 Å². The van der Waals surface area contributed by atoms with E-state index in [0.717, 1.165) is 17.0 Å². The molecule has 0 aliphatic carbocycles. The van der Waals surface area contributed by atoms with E-state index in [2.05, 4.69) is 6.07 Å². The number of benzene rings is 1. The molecule has 0 saturated carbocycles. The minimum Gasteiger partial charge on any atom is -0.493 e. The molecule has 1 unspecified atom stereocenters. The predicted octanol–water partition coefficient (Wildman–Crippen LogP) is 3.82. The second-order valence-electron chi connectivity index (χ2n) is 4.87. The standard InChI is InChI=1S/C16H16O2S/c17-13(11-14-4-3-9-19-14)10-12-7-8-18-16-6-2-1-5-15(12)16/h1-6,9,12H,7-8,10-11H2. The third-order valence-corrected chi connectivity index (χ3v) is 4.38. The highest BCUT2D eigenvalue weighted by Crippen LogP contribution is 2.35. The summed E-state index contributed by atoms with van der Waals surface area (Å²) in [5.74, 6) is 1.59. The van der Waals surface area contributed by atoms with Gasteiger partial charge in [-0.05, 0) is 35.4 Å². The molecular formula is C16H16O2S. The van der Waals surface area contributed by atoms with Crippen LogP contribution in [0.3, 0.4) is 0 Å². The molecule has 0 saturated heterocycles. The van der Waals surface area contributed by atoms with Crippen molar-refractivity contribution >= 4 is 17.1 Å². The molecule has 98 valence electrons. The van der Waals surface area contributed by atoms with Gasteiger partial charge in [0.05, 0.1) is 6.61 Å². The quantitative estimate of drug-likeness (QED) is 0.846. The van der Waals surface area contributed by atoms with Crippen LogP contribution in [0.5, 0.6) is 5.75 Å². The number of ether oxygens (including phenoxy) is 1. The molecule has 3 heteroatoms. The fraction of sp³-hybridized carbons (Fsp3) is 0.312. The Balaban J connectivity index is 1.69. The number of para-hydroxylation sites is 1. The summed E-state index contributed by atoms with van der Waals surface area (Å²) >= 11 is 1.65.